The third-order valence-corrected chi connectivity index (χ3v) is 4.12. The zero-order chi connectivity index (χ0) is 15.8. The Morgan fingerprint density at radius 3 is 2.26 bits per heavy atom. The molecule has 0 bridgehead atoms. The van der Waals surface area contributed by atoms with E-state index in [4.69, 9.17) is 4.42 Å². The number of hydrogen-bond donors (Lipinski definition) is 0. The second kappa shape index (κ2) is 5.40. The van der Waals surface area contributed by atoms with Crippen LogP contribution in [-0.2, 0) is 0 Å². The van der Waals surface area contributed by atoms with Crippen molar-refractivity contribution in [3.05, 3.63) is 84.2 Å². The Hall–Kier alpha value is -2.87. The molecule has 3 aromatic carbocycles. The summed E-state index contributed by atoms with van der Waals surface area (Å²) in [6.45, 7) is 2.07. The number of halogens is 1. The molecule has 0 radical (unpaired) electrons. The average Bonchev–Trinajstić information content (AvgIpc) is 2.95. The molecular formula is C21H15FO. The standard InChI is InChI=1S/C21H15FO/c1-14-6-2-3-7-17(14)21-20(15-10-12-16(22)13-11-15)18-8-4-5-9-19(18)23-21/h2-13H,1H3. The van der Waals surface area contributed by atoms with Gasteiger partial charge in [-0.2, -0.15) is 0 Å². The number of hydrogen-bond acceptors (Lipinski definition) is 1. The minimum atomic E-state index is -0.237. The highest BCUT2D eigenvalue weighted by Crippen LogP contribution is 2.41. The van der Waals surface area contributed by atoms with Gasteiger partial charge < -0.3 is 4.42 Å². The summed E-state index contributed by atoms with van der Waals surface area (Å²) >= 11 is 0. The van der Waals surface area contributed by atoms with Crippen LogP contribution < -0.4 is 0 Å². The lowest BCUT2D eigenvalue weighted by atomic mass is 9.96. The van der Waals surface area contributed by atoms with Gasteiger partial charge in [0, 0.05) is 16.5 Å². The quantitative estimate of drug-likeness (QED) is 0.429. The Balaban J connectivity index is 2.06. The number of furan rings is 1. The summed E-state index contributed by atoms with van der Waals surface area (Å²) in [6.07, 6.45) is 0. The number of rotatable bonds is 2. The Labute approximate surface area is 134 Å². The molecule has 0 aliphatic heterocycles. The lowest BCUT2D eigenvalue weighted by molar-refractivity contribution is 0.627. The minimum absolute atomic E-state index is 0.237. The fourth-order valence-electron chi connectivity index (χ4n) is 2.97. The maximum atomic E-state index is 13.3. The smallest absolute Gasteiger partial charge is 0.143 e. The van der Waals surface area contributed by atoms with Gasteiger partial charge >= 0.3 is 0 Å². The lowest BCUT2D eigenvalue weighted by Gasteiger charge is -2.06. The molecule has 4 aromatic rings. The molecule has 0 unspecified atom stereocenters. The van der Waals surface area contributed by atoms with Crippen molar-refractivity contribution in [3.63, 3.8) is 0 Å². The van der Waals surface area contributed by atoms with Crippen LogP contribution >= 0.6 is 0 Å². The highest BCUT2D eigenvalue weighted by atomic mass is 19.1. The molecule has 0 aliphatic rings. The first kappa shape index (κ1) is 13.8. The molecule has 1 heterocycles. The summed E-state index contributed by atoms with van der Waals surface area (Å²) in [5, 5.41) is 1.04. The molecule has 0 saturated heterocycles. The van der Waals surface area contributed by atoms with Gasteiger partial charge in [0.05, 0.1) is 0 Å². The molecule has 112 valence electrons. The van der Waals surface area contributed by atoms with Gasteiger partial charge in [0.2, 0.25) is 0 Å². The first-order valence-electron chi connectivity index (χ1n) is 7.57. The van der Waals surface area contributed by atoms with Crippen molar-refractivity contribution >= 4 is 11.0 Å². The van der Waals surface area contributed by atoms with Crippen LogP contribution in [-0.4, -0.2) is 0 Å². The Kier molecular flexibility index (Phi) is 3.23. The third-order valence-electron chi connectivity index (χ3n) is 4.12. The summed E-state index contributed by atoms with van der Waals surface area (Å²) < 4.78 is 19.5. The second-order valence-corrected chi connectivity index (χ2v) is 5.62. The van der Waals surface area contributed by atoms with E-state index in [-0.39, 0.29) is 5.82 Å². The number of fused-ring (bicyclic) bond motifs is 1. The van der Waals surface area contributed by atoms with Gasteiger partial charge in [0.15, 0.2) is 0 Å². The van der Waals surface area contributed by atoms with Crippen molar-refractivity contribution in [2.45, 2.75) is 6.92 Å². The van der Waals surface area contributed by atoms with Crippen LogP contribution in [0.1, 0.15) is 5.56 Å². The third kappa shape index (κ3) is 2.33. The topological polar surface area (TPSA) is 13.1 Å². The van der Waals surface area contributed by atoms with E-state index in [1.54, 1.807) is 12.1 Å². The molecule has 0 N–H and O–H groups in total. The van der Waals surface area contributed by atoms with E-state index >= 15 is 0 Å². The van der Waals surface area contributed by atoms with Crippen LogP contribution in [0.25, 0.3) is 33.4 Å². The number of para-hydroxylation sites is 1. The molecule has 0 saturated carbocycles. The van der Waals surface area contributed by atoms with Crippen LogP contribution in [0.2, 0.25) is 0 Å². The zero-order valence-corrected chi connectivity index (χ0v) is 12.7. The van der Waals surface area contributed by atoms with E-state index in [9.17, 15) is 4.39 Å². The van der Waals surface area contributed by atoms with Crippen molar-refractivity contribution in [3.8, 4) is 22.5 Å². The van der Waals surface area contributed by atoms with Crippen LogP contribution in [0, 0.1) is 12.7 Å². The minimum Gasteiger partial charge on any atom is -0.455 e. The molecule has 0 aliphatic carbocycles. The van der Waals surface area contributed by atoms with E-state index < -0.39 is 0 Å². The van der Waals surface area contributed by atoms with Crippen LogP contribution in [0.4, 0.5) is 4.39 Å². The van der Waals surface area contributed by atoms with Gasteiger partial charge in [0.1, 0.15) is 17.2 Å². The monoisotopic (exact) mass is 302 g/mol. The Bertz CT molecular complexity index is 980. The van der Waals surface area contributed by atoms with Crippen molar-refractivity contribution in [1.82, 2.24) is 0 Å². The van der Waals surface area contributed by atoms with Gasteiger partial charge in [-0.25, -0.2) is 4.39 Å². The first-order chi connectivity index (χ1) is 11.2. The fourth-order valence-corrected chi connectivity index (χ4v) is 2.97. The molecule has 0 amide bonds. The molecule has 23 heavy (non-hydrogen) atoms. The van der Waals surface area contributed by atoms with Gasteiger partial charge in [0.25, 0.3) is 0 Å². The van der Waals surface area contributed by atoms with Crippen molar-refractivity contribution in [2.24, 2.45) is 0 Å². The van der Waals surface area contributed by atoms with Crippen molar-refractivity contribution in [1.29, 1.82) is 0 Å². The second-order valence-electron chi connectivity index (χ2n) is 5.62. The average molecular weight is 302 g/mol. The first-order valence-corrected chi connectivity index (χ1v) is 7.57. The molecule has 0 atom stereocenters. The maximum Gasteiger partial charge on any atom is 0.143 e. The van der Waals surface area contributed by atoms with Crippen molar-refractivity contribution in [2.75, 3.05) is 0 Å². The summed E-state index contributed by atoms with van der Waals surface area (Å²) in [7, 11) is 0. The van der Waals surface area contributed by atoms with Gasteiger partial charge in [-0.15, -0.1) is 0 Å². The summed E-state index contributed by atoms with van der Waals surface area (Å²) in [5.74, 6) is 0.593. The number of aryl methyl sites for hydroxylation is 1. The molecule has 0 fully saturated rings. The van der Waals surface area contributed by atoms with Crippen LogP contribution in [0.3, 0.4) is 0 Å². The lowest BCUT2D eigenvalue weighted by Crippen LogP contribution is -1.85. The normalized spacial score (nSPS) is 11.0. The van der Waals surface area contributed by atoms with Gasteiger partial charge in [-0.3, -0.25) is 0 Å². The SMILES string of the molecule is Cc1ccccc1-c1oc2ccccc2c1-c1ccc(F)cc1. The highest BCUT2D eigenvalue weighted by molar-refractivity contribution is 6.02. The molecular weight excluding hydrogens is 287 g/mol. The van der Waals surface area contributed by atoms with E-state index in [2.05, 4.69) is 19.1 Å². The highest BCUT2D eigenvalue weighted by Gasteiger charge is 2.18. The molecule has 2 heteroatoms. The largest absolute Gasteiger partial charge is 0.455 e. The Morgan fingerprint density at radius 1 is 0.783 bits per heavy atom. The van der Waals surface area contributed by atoms with E-state index in [0.29, 0.717) is 0 Å². The number of benzene rings is 3. The van der Waals surface area contributed by atoms with E-state index in [0.717, 1.165) is 39.0 Å². The van der Waals surface area contributed by atoms with Crippen LogP contribution in [0.15, 0.2) is 77.2 Å². The fraction of sp³-hybridized carbons (Fsp3) is 0.0476. The Morgan fingerprint density at radius 2 is 1.48 bits per heavy atom. The summed E-state index contributed by atoms with van der Waals surface area (Å²) in [6, 6.07) is 22.7. The predicted octanol–water partition coefficient (Wildman–Crippen LogP) is 6.21. The van der Waals surface area contributed by atoms with Crippen molar-refractivity contribution < 1.29 is 8.81 Å². The molecule has 1 aromatic heterocycles. The molecule has 0 spiro atoms. The molecule has 1 nitrogen and oxygen atoms in total. The van der Waals surface area contributed by atoms with E-state index in [1.165, 1.54) is 12.1 Å². The summed E-state index contributed by atoms with van der Waals surface area (Å²) in [5.41, 5.74) is 5.01. The predicted molar refractivity (Wildman–Crippen MR) is 91.8 cm³/mol. The summed E-state index contributed by atoms with van der Waals surface area (Å²) in [4.78, 5) is 0. The van der Waals surface area contributed by atoms with Gasteiger partial charge in [-0.05, 0) is 36.2 Å². The zero-order valence-electron chi connectivity index (χ0n) is 12.7. The molecule has 4 rings (SSSR count). The van der Waals surface area contributed by atoms with E-state index in [1.807, 2.05) is 36.4 Å². The maximum absolute atomic E-state index is 13.3. The van der Waals surface area contributed by atoms with Crippen LogP contribution in [0.5, 0.6) is 0 Å². The van der Waals surface area contributed by atoms with Gasteiger partial charge in [-0.1, -0.05) is 54.6 Å².